The van der Waals surface area contributed by atoms with Crippen LogP contribution in [0.1, 0.15) is 56.3 Å². The Kier molecular flexibility index (Phi) is 7.72. The van der Waals surface area contributed by atoms with Crippen molar-refractivity contribution in [1.82, 2.24) is 10.2 Å². The Labute approximate surface area is 179 Å². The second kappa shape index (κ2) is 10.3. The molecule has 1 aliphatic carbocycles. The van der Waals surface area contributed by atoms with E-state index in [2.05, 4.69) is 10.6 Å². The third-order valence-corrected chi connectivity index (χ3v) is 6.33. The summed E-state index contributed by atoms with van der Waals surface area (Å²) in [5, 5.41) is 15.9. The number of ether oxygens (including phenoxy) is 1. The van der Waals surface area contributed by atoms with E-state index >= 15 is 0 Å². The standard InChI is InChI=1S/C23H35N3O4/c1-15-13-26(16(2)14-27)23(29)18-10-7-11-19(21(18)30-20(15)12-24-3)25-22(28)17-8-5-4-6-9-17/h7,10-11,15-17,20,24,27H,4-6,8-9,12-14H2,1-3H3,(H,25,28)/t15-,16+,20+/m0/s1. The number of nitrogens with one attached hydrogen (secondary N) is 2. The number of carbonyl (C=O) groups excluding carboxylic acids is 2. The van der Waals surface area contributed by atoms with E-state index < -0.39 is 0 Å². The number of amides is 2. The zero-order valence-electron chi connectivity index (χ0n) is 18.3. The number of fused-ring (bicyclic) bond motifs is 1. The molecule has 1 aliphatic heterocycles. The molecular formula is C23H35N3O4. The van der Waals surface area contributed by atoms with Crippen LogP contribution in [0.3, 0.4) is 0 Å². The number of nitrogens with zero attached hydrogens (tertiary/aromatic N) is 1. The van der Waals surface area contributed by atoms with Crippen LogP contribution in [-0.4, -0.2) is 60.7 Å². The van der Waals surface area contributed by atoms with Crippen LogP contribution in [0.2, 0.25) is 0 Å². The van der Waals surface area contributed by atoms with Gasteiger partial charge in [0.1, 0.15) is 6.10 Å². The Morgan fingerprint density at radius 3 is 2.70 bits per heavy atom. The molecular weight excluding hydrogens is 382 g/mol. The van der Waals surface area contributed by atoms with E-state index in [0.29, 0.717) is 30.1 Å². The van der Waals surface area contributed by atoms with Gasteiger partial charge in [-0.3, -0.25) is 9.59 Å². The highest BCUT2D eigenvalue weighted by molar-refractivity contribution is 6.02. The van der Waals surface area contributed by atoms with Crippen LogP contribution in [0, 0.1) is 11.8 Å². The first-order valence-electron chi connectivity index (χ1n) is 11.1. The van der Waals surface area contributed by atoms with Gasteiger partial charge >= 0.3 is 0 Å². The number of hydrogen-bond donors (Lipinski definition) is 3. The van der Waals surface area contributed by atoms with Crippen molar-refractivity contribution in [2.75, 3.05) is 32.1 Å². The third kappa shape index (κ3) is 4.95. The van der Waals surface area contributed by atoms with Crippen molar-refractivity contribution in [2.24, 2.45) is 11.8 Å². The summed E-state index contributed by atoms with van der Waals surface area (Å²) in [5.74, 6) is 0.297. The molecule has 3 rings (SSSR count). The molecule has 7 nitrogen and oxygen atoms in total. The van der Waals surface area contributed by atoms with Gasteiger partial charge in [0.2, 0.25) is 5.91 Å². The smallest absolute Gasteiger partial charge is 0.258 e. The molecule has 3 N–H and O–H groups in total. The van der Waals surface area contributed by atoms with E-state index in [1.807, 2.05) is 20.9 Å². The first kappa shape index (κ1) is 22.6. The number of para-hydroxylation sites is 1. The Morgan fingerprint density at radius 1 is 1.30 bits per heavy atom. The molecule has 0 radical (unpaired) electrons. The lowest BCUT2D eigenvalue weighted by Gasteiger charge is -2.37. The number of rotatable bonds is 6. The molecule has 1 aromatic rings. The predicted octanol–water partition coefficient (Wildman–Crippen LogP) is 2.64. The molecule has 0 aromatic heterocycles. The summed E-state index contributed by atoms with van der Waals surface area (Å²) >= 11 is 0. The van der Waals surface area contributed by atoms with E-state index in [1.54, 1.807) is 23.1 Å². The number of likely N-dealkylation sites (N-methyl/N-ethyl adjacent to an activating group) is 1. The minimum Gasteiger partial charge on any atom is -0.486 e. The van der Waals surface area contributed by atoms with Crippen molar-refractivity contribution < 1.29 is 19.4 Å². The van der Waals surface area contributed by atoms with E-state index in [0.717, 1.165) is 25.7 Å². The average Bonchev–Trinajstić information content (AvgIpc) is 2.76. The van der Waals surface area contributed by atoms with Crippen LogP contribution in [0.5, 0.6) is 5.75 Å². The molecule has 1 aromatic carbocycles. The summed E-state index contributed by atoms with van der Waals surface area (Å²) < 4.78 is 6.35. The summed E-state index contributed by atoms with van der Waals surface area (Å²) in [4.78, 5) is 27.9. The molecule has 0 spiro atoms. The second-order valence-electron chi connectivity index (χ2n) is 8.69. The molecule has 2 amide bonds. The van der Waals surface area contributed by atoms with Crippen molar-refractivity contribution in [3.05, 3.63) is 23.8 Å². The molecule has 1 heterocycles. The molecule has 1 saturated carbocycles. The molecule has 0 unspecified atom stereocenters. The van der Waals surface area contributed by atoms with Crippen LogP contribution in [0.4, 0.5) is 5.69 Å². The van der Waals surface area contributed by atoms with Gasteiger partial charge in [-0.1, -0.05) is 32.3 Å². The quantitative estimate of drug-likeness (QED) is 0.662. The summed E-state index contributed by atoms with van der Waals surface area (Å²) in [5.41, 5.74) is 0.966. The zero-order valence-corrected chi connectivity index (χ0v) is 18.3. The SMILES string of the molecule is CNC[C@H]1Oc2c(NC(=O)C3CCCCC3)cccc2C(=O)N([C@H](C)CO)C[C@@H]1C. The van der Waals surface area contributed by atoms with Crippen LogP contribution in [0.25, 0.3) is 0 Å². The van der Waals surface area contributed by atoms with Gasteiger partial charge < -0.3 is 25.4 Å². The summed E-state index contributed by atoms with van der Waals surface area (Å²) in [6.45, 7) is 4.88. The molecule has 0 saturated heterocycles. The first-order chi connectivity index (χ1) is 14.5. The van der Waals surface area contributed by atoms with Gasteiger partial charge in [0.15, 0.2) is 5.75 Å². The number of benzene rings is 1. The maximum Gasteiger partial charge on any atom is 0.258 e. The van der Waals surface area contributed by atoms with E-state index in [4.69, 9.17) is 4.74 Å². The Hall–Kier alpha value is -2.12. The van der Waals surface area contributed by atoms with Crippen molar-refractivity contribution >= 4 is 17.5 Å². The first-order valence-corrected chi connectivity index (χ1v) is 11.1. The summed E-state index contributed by atoms with van der Waals surface area (Å²) in [6.07, 6.45) is 4.97. The van der Waals surface area contributed by atoms with Crippen LogP contribution in [-0.2, 0) is 4.79 Å². The van der Waals surface area contributed by atoms with Gasteiger partial charge in [0.05, 0.1) is 23.9 Å². The number of aliphatic hydroxyl groups is 1. The largest absolute Gasteiger partial charge is 0.486 e. The fourth-order valence-corrected chi connectivity index (χ4v) is 4.39. The summed E-state index contributed by atoms with van der Waals surface area (Å²) in [6, 6.07) is 5.00. The molecule has 3 atom stereocenters. The van der Waals surface area contributed by atoms with Gasteiger partial charge in [0, 0.05) is 24.9 Å². The van der Waals surface area contributed by atoms with Crippen molar-refractivity contribution in [3.8, 4) is 5.75 Å². The fourth-order valence-electron chi connectivity index (χ4n) is 4.39. The van der Waals surface area contributed by atoms with E-state index in [-0.39, 0.29) is 42.4 Å². The molecule has 2 aliphatic rings. The normalized spacial score (nSPS) is 23.7. The van der Waals surface area contributed by atoms with Gasteiger partial charge in [-0.25, -0.2) is 0 Å². The summed E-state index contributed by atoms with van der Waals surface area (Å²) in [7, 11) is 1.87. The number of aliphatic hydroxyl groups excluding tert-OH is 1. The Morgan fingerprint density at radius 2 is 2.03 bits per heavy atom. The molecule has 166 valence electrons. The van der Waals surface area contributed by atoms with Crippen LogP contribution < -0.4 is 15.4 Å². The van der Waals surface area contributed by atoms with Crippen LogP contribution >= 0.6 is 0 Å². The minimum atomic E-state index is -0.304. The van der Waals surface area contributed by atoms with Crippen molar-refractivity contribution in [2.45, 2.75) is 58.1 Å². The minimum absolute atomic E-state index is 0.00000535. The van der Waals surface area contributed by atoms with Crippen molar-refractivity contribution in [3.63, 3.8) is 0 Å². The number of anilines is 1. The topological polar surface area (TPSA) is 90.9 Å². The van der Waals surface area contributed by atoms with Crippen LogP contribution in [0.15, 0.2) is 18.2 Å². The molecule has 0 bridgehead atoms. The Balaban J connectivity index is 1.96. The Bertz CT molecular complexity index is 748. The lowest BCUT2D eigenvalue weighted by atomic mass is 9.88. The highest BCUT2D eigenvalue weighted by atomic mass is 16.5. The average molecular weight is 418 g/mol. The van der Waals surface area contributed by atoms with Gasteiger partial charge in [-0.15, -0.1) is 0 Å². The second-order valence-corrected chi connectivity index (χ2v) is 8.69. The van der Waals surface area contributed by atoms with Gasteiger partial charge in [-0.2, -0.15) is 0 Å². The third-order valence-electron chi connectivity index (χ3n) is 6.33. The molecule has 7 heteroatoms. The lowest BCUT2D eigenvalue weighted by Crippen LogP contribution is -2.49. The maximum absolute atomic E-state index is 13.3. The monoisotopic (exact) mass is 417 g/mol. The van der Waals surface area contributed by atoms with E-state index in [9.17, 15) is 14.7 Å². The number of hydrogen-bond acceptors (Lipinski definition) is 5. The van der Waals surface area contributed by atoms with E-state index in [1.165, 1.54) is 6.42 Å². The van der Waals surface area contributed by atoms with Crippen molar-refractivity contribution in [1.29, 1.82) is 0 Å². The zero-order chi connectivity index (χ0) is 21.7. The maximum atomic E-state index is 13.3. The molecule has 30 heavy (non-hydrogen) atoms. The lowest BCUT2D eigenvalue weighted by molar-refractivity contribution is -0.120. The highest BCUT2D eigenvalue weighted by Gasteiger charge is 2.34. The fraction of sp³-hybridized carbons (Fsp3) is 0.652. The van der Waals surface area contributed by atoms with Gasteiger partial charge in [0.25, 0.3) is 5.91 Å². The predicted molar refractivity (Wildman–Crippen MR) is 117 cm³/mol. The van der Waals surface area contributed by atoms with Gasteiger partial charge in [-0.05, 0) is 38.9 Å². The molecule has 1 fully saturated rings. The highest BCUT2D eigenvalue weighted by Crippen LogP contribution is 2.35. The number of carbonyl (C=O) groups is 2.